The number of hydrogen-bond acceptors (Lipinski definition) is 4. The normalized spacial score (nSPS) is 17.6. The molecule has 1 unspecified atom stereocenters. The summed E-state index contributed by atoms with van der Waals surface area (Å²) in [6, 6.07) is 5.49. The van der Waals surface area contributed by atoms with Crippen LogP contribution >= 0.6 is 12.4 Å². The zero-order valence-electron chi connectivity index (χ0n) is 14.1. The van der Waals surface area contributed by atoms with Gasteiger partial charge in [-0.3, -0.25) is 4.79 Å². The van der Waals surface area contributed by atoms with Crippen LogP contribution in [0, 0.1) is 0 Å². The van der Waals surface area contributed by atoms with Crippen molar-refractivity contribution in [2.24, 2.45) is 5.73 Å². The molecule has 1 heterocycles. The van der Waals surface area contributed by atoms with Crippen LogP contribution in [-0.4, -0.2) is 43.2 Å². The Morgan fingerprint density at radius 1 is 1.35 bits per heavy atom. The summed E-state index contributed by atoms with van der Waals surface area (Å²) in [4.78, 5) is 14.6. The summed E-state index contributed by atoms with van der Waals surface area (Å²) < 4.78 is 11.0. The van der Waals surface area contributed by atoms with Gasteiger partial charge in [0.2, 0.25) is 0 Å². The van der Waals surface area contributed by atoms with Crippen molar-refractivity contribution in [2.75, 3.05) is 20.2 Å². The maximum absolute atomic E-state index is 12.7. The first-order valence-corrected chi connectivity index (χ1v) is 7.92. The van der Waals surface area contributed by atoms with Crippen LogP contribution in [0.5, 0.6) is 11.5 Å². The van der Waals surface area contributed by atoms with Gasteiger partial charge in [0.15, 0.2) is 11.5 Å². The van der Waals surface area contributed by atoms with E-state index < -0.39 is 0 Å². The topological polar surface area (TPSA) is 64.8 Å². The van der Waals surface area contributed by atoms with Crippen LogP contribution in [0.1, 0.15) is 43.5 Å². The van der Waals surface area contributed by atoms with Gasteiger partial charge in [-0.25, -0.2) is 0 Å². The lowest BCUT2D eigenvalue weighted by molar-refractivity contribution is 0.0623. The van der Waals surface area contributed by atoms with Gasteiger partial charge < -0.3 is 20.1 Å². The molecular formula is C17H27ClN2O3. The van der Waals surface area contributed by atoms with Crippen LogP contribution in [0.2, 0.25) is 0 Å². The van der Waals surface area contributed by atoms with E-state index in [9.17, 15) is 4.79 Å². The molecule has 0 radical (unpaired) electrons. The Kier molecular flexibility index (Phi) is 7.65. The maximum Gasteiger partial charge on any atom is 0.254 e. The summed E-state index contributed by atoms with van der Waals surface area (Å²) in [7, 11) is 1.58. The number of rotatable bonds is 5. The zero-order valence-corrected chi connectivity index (χ0v) is 14.9. The second-order valence-corrected chi connectivity index (χ2v) is 5.92. The molecule has 1 saturated heterocycles. The van der Waals surface area contributed by atoms with Crippen molar-refractivity contribution in [2.45, 2.75) is 45.3 Å². The molecule has 1 aliphatic heterocycles. The predicted molar refractivity (Wildman–Crippen MR) is 93.7 cm³/mol. The van der Waals surface area contributed by atoms with Gasteiger partial charge in [0, 0.05) is 24.7 Å². The van der Waals surface area contributed by atoms with E-state index in [4.69, 9.17) is 15.2 Å². The molecule has 2 N–H and O–H groups in total. The molecule has 1 amide bonds. The third kappa shape index (κ3) is 4.75. The zero-order chi connectivity index (χ0) is 16.1. The molecule has 0 spiro atoms. The van der Waals surface area contributed by atoms with Crippen molar-refractivity contribution in [3.8, 4) is 11.5 Å². The van der Waals surface area contributed by atoms with Crippen LogP contribution in [0.25, 0.3) is 0 Å². The second kappa shape index (κ2) is 8.99. The molecule has 0 bridgehead atoms. The summed E-state index contributed by atoms with van der Waals surface area (Å²) in [5.41, 5.74) is 6.42. The van der Waals surface area contributed by atoms with E-state index in [0.717, 1.165) is 25.8 Å². The average Bonchev–Trinajstić information content (AvgIpc) is 2.54. The van der Waals surface area contributed by atoms with E-state index in [1.54, 1.807) is 25.3 Å². The van der Waals surface area contributed by atoms with E-state index in [1.165, 1.54) is 0 Å². The standard InChI is InChI=1S/C17H26N2O3.ClH/c1-12(2)22-15-8-7-13(10-16(15)21-3)17(20)19-9-5-4-6-14(19)11-18;/h7-8,10,12,14H,4-6,9,11,18H2,1-3H3;1H. The Balaban J connectivity index is 0.00000264. The lowest BCUT2D eigenvalue weighted by Crippen LogP contribution is -2.47. The molecule has 5 nitrogen and oxygen atoms in total. The van der Waals surface area contributed by atoms with E-state index >= 15 is 0 Å². The smallest absolute Gasteiger partial charge is 0.254 e. The van der Waals surface area contributed by atoms with Crippen LogP contribution in [0.15, 0.2) is 18.2 Å². The van der Waals surface area contributed by atoms with Gasteiger partial charge in [0.05, 0.1) is 13.2 Å². The first kappa shape index (κ1) is 19.6. The number of likely N-dealkylation sites (tertiary alicyclic amines) is 1. The number of carbonyl (C=O) groups excluding carboxylic acids is 1. The lowest BCUT2D eigenvalue weighted by Gasteiger charge is -2.35. The number of methoxy groups -OCH3 is 1. The molecular weight excluding hydrogens is 316 g/mol. The third-order valence-electron chi connectivity index (χ3n) is 3.93. The number of benzene rings is 1. The van der Waals surface area contributed by atoms with Crippen LogP contribution in [0.3, 0.4) is 0 Å². The summed E-state index contributed by atoms with van der Waals surface area (Å²) in [6.45, 7) is 5.20. The summed E-state index contributed by atoms with van der Waals surface area (Å²) in [5.74, 6) is 1.26. The average molecular weight is 343 g/mol. The number of carbonyl (C=O) groups is 1. The highest BCUT2D eigenvalue weighted by Gasteiger charge is 2.27. The molecule has 1 aromatic carbocycles. The number of amides is 1. The van der Waals surface area contributed by atoms with Gasteiger partial charge in [0.25, 0.3) is 5.91 Å². The van der Waals surface area contributed by atoms with E-state index in [0.29, 0.717) is 23.6 Å². The van der Waals surface area contributed by atoms with Crippen molar-refractivity contribution in [1.82, 2.24) is 4.90 Å². The Labute approximate surface area is 144 Å². The first-order valence-electron chi connectivity index (χ1n) is 7.92. The molecule has 1 atom stereocenters. The minimum atomic E-state index is 0. The summed E-state index contributed by atoms with van der Waals surface area (Å²) >= 11 is 0. The molecule has 1 aromatic rings. The molecule has 2 rings (SSSR count). The summed E-state index contributed by atoms with van der Waals surface area (Å²) in [5, 5.41) is 0. The van der Waals surface area contributed by atoms with Crippen molar-refractivity contribution in [1.29, 1.82) is 0 Å². The molecule has 0 aromatic heterocycles. The SMILES string of the molecule is COc1cc(C(=O)N2CCCCC2CN)ccc1OC(C)C.Cl. The fourth-order valence-electron chi connectivity index (χ4n) is 2.83. The predicted octanol–water partition coefficient (Wildman–Crippen LogP) is 2.86. The van der Waals surface area contributed by atoms with Gasteiger partial charge in [-0.05, 0) is 51.3 Å². The molecule has 6 heteroatoms. The number of halogens is 1. The van der Waals surface area contributed by atoms with E-state index in [2.05, 4.69) is 0 Å². The first-order chi connectivity index (χ1) is 10.6. The van der Waals surface area contributed by atoms with Gasteiger partial charge >= 0.3 is 0 Å². The van der Waals surface area contributed by atoms with Gasteiger partial charge in [-0.1, -0.05) is 0 Å². The molecule has 0 aliphatic carbocycles. The fraction of sp³-hybridized carbons (Fsp3) is 0.588. The van der Waals surface area contributed by atoms with Crippen molar-refractivity contribution in [3.05, 3.63) is 23.8 Å². The Morgan fingerprint density at radius 3 is 2.70 bits per heavy atom. The number of ether oxygens (including phenoxy) is 2. The van der Waals surface area contributed by atoms with Gasteiger partial charge in [-0.15, -0.1) is 12.4 Å². The highest BCUT2D eigenvalue weighted by atomic mass is 35.5. The fourth-order valence-corrected chi connectivity index (χ4v) is 2.83. The molecule has 23 heavy (non-hydrogen) atoms. The number of nitrogens with two attached hydrogens (primary N) is 1. The van der Waals surface area contributed by atoms with Crippen LogP contribution in [0.4, 0.5) is 0 Å². The molecule has 0 saturated carbocycles. The summed E-state index contributed by atoms with van der Waals surface area (Å²) in [6.07, 6.45) is 3.21. The van der Waals surface area contributed by atoms with Crippen LogP contribution < -0.4 is 15.2 Å². The van der Waals surface area contributed by atoms with E-state index in [-0.39, 0.29) is 30.5 Å². The quantitative estimate of drug-likeness (QED) is 0.893. The lowest BCUT2D eigenvalue weighted by atomic mass is 10.0. The van der Waals surface area contributed by atoms with Gasteiger partial charge in [0.1, 0.15) is 0 Å². The van der Waals surface area contributed by atoms with Crippen molar-refractivity contribution >= 4 is 18.3 Å². The van der Waals surface area contributed by atoms with Gasteiger partial charge in [-0.2, -0.15) is 0 Å². The molecule has 130 valence electrons. The molecule has 1 aliphatic rings. The van der Waals surface area contributed by atoms with Crippen molar-refractivity contribution < 1.29 is 14.3 Å². The molecule has 1 fully saturated rings. The minimum absolute atomic E-state index is 0. The maximum atomic E-state index is 12.7. The largest absolute Gasteiger partial charge is 0.493 e. The Morgan fingerprint density at radius 2 is 2.09 bits per heavy atom. The Bertz CT molecular complexity index is 523. The minimum Gasteiger partial charge on any atom is -0.493 e. The highest BCUT2D eigenvalue weighted by Crippen LogP contribution is 2.30. The van der Waals surface area contributed by atoms with Crippen molar-refractivity contribution in [3.63, 3.8) is 0 Å². The number of nitrogens with zero attached hydrogens (tertiary/aromatic N) is 1. The Hall–Kier alpha value is -1.46. The highest BCUT2D eigenvalue weighted by molar-refractivity contribution is 5.95. The van der Waals surface area contributed by atoms with Crippen LogP contribution in [-0.2, 0) is 0 Å². The third-order valence-corrected chi connectivity index (χ3v) is 3.93. The second-order valence-electron chi connectivity index (χ2n) is 5.92. The number of piperidine rings is 1. The monoisotopic (exact) mass is 342 g/mol. The van der Waals surface area contributed by atoms with E-state index in [1.807, 2.05) is 18.7 Å². The number of hydrogen-bond donors (Lipinski definition) is 1.